The van der Waals surface area contributed by atoms with Gasteiger partial charge in [0.25, 0.3) is 0 Å². The van der Waals surface area contributed by atoms with E-state index in [-0.39, 0.29) is 0 Å². The molecule has 4 nitrogen and oxygen atoms in total. The quantitative estimate of drug-likeness (QED) is 0.870. The number of hydrogen-bond donors (Lipinski definition) is 1. The van der Waals surface area contributed by atoms with Gasteiger partial charge >= 0.3 is 0 Å². The van der Waals surface area contributed by atoms with Crippen molar-refractivity contribution in [3.8, 4) is 0 Å². The first kappa shape index (κ1) is 11.4. The largest absolute Gasteiger partial charge is 0.360 e. The number of aromatic nitrogens is 2. The molecule has 1 aliphatic carbocycles. The highest BCUT2D eigenvalue weighted by Crippen LogP contribution is 2.31. The summed E-state index contributed by atoms with van der Waals surface area (Å²) in [6.07, 6.45) is 5.12. The molecule has 2 heterocycles. The Morgan fingerprint density at radius 1 is 1.41 bits per heavy atom. The van der Waals surface area contributed by atoms with Crippen LogP contribution in [0.4, 0.5) is 5.13 Å². The number of likely N-dealkylation sites (tertiary alicyclic amines) is 1. The standard InChI is InChI=1S/C12H20N4S/c1-2-11-14-12(17-15-11)13-7-9-5-6-16(8-9)10-3-4-10/h9-10H,2-8H2,1H3,(H,13,14,15). The van der Waals surface area contributed by atoms with Crippen LogP contribution in [0.5, 0.6) is 0 Å². The number of nitrogens with one attached hydrogen (secondary N) is 1. The zero-order valence-corrected chi connectivity index (χ0v) is 11.2. The van der Waals surface area contributed by atoms with E-state index < -0.39 is 0 Å². The summed E-state index contributed by atoms with van der Waals surface area (Å²) in [6.45, 7) is 5.72. The Bertz CT molecular complexity index is 374. The fourth-order valence-corrected chi connectivity index (χ4v) is 3.16. The number of nitrogens with zero attached hydrogens (tertiary/aromatic N) is 3. The van der Waals surface area contributed by atoms with E-state index in [4.69, 9.17) is 0 Å². The van der Waals surface area contributed by atoms with Gasteiger partial charge in [-0.05, 0) is 31.7 Å². The Labute approximate surface area is 107 Å². The molecule has 0 bridgehead atoms. The van der Waals surface area contributed by atoms with Gasteiger partial charge in [0.2, 0.25) is 5.13 Å². The van der Waals surface area contributed by atoms with E-state index in [2.05, 4.69) is 26.5 Å². The van der Waals surface area contributed by atoms with E-state index in [1.54, 1.807) is 0 Å². The Morgan fingerprint density at radius 3 is 3.00 bits per heavy atom. The summed E-state index contributed by atoms with van der Waals surface area (Å²) < 4.78 is 4.29. The van der Waals surface area contributed by atoms with Crippen molar-refractivity contribution < 1.29 is 0 Å². The van der Waals surface area contributed by atoms with Crippen molar-refractivity contribution in [2.45, 2.75) is 38.6 Å². The monoisotopic (exact) mass is 252 g/mol. The molecule has 1 N–H and O–H groups in total. The van der Waals surface area contributed by atoms with Crippen molar-refractivity contribution in [3.63, 3.8) is 0 Å². The van der Waals surface area contributed by atoms with Gasteiger partial charge in [0.1, 0.15) is 5.82 Å². The van der Waals surface area contributed by atoms with Crippen molar-refractivity contribution in [3.05, 3.63) is 5.82 Å². The minimum absolute atomic E-state index is 0.796. The van der Waals surface area contributed by atoms with Crippen LogP contribution in [0.3, 0.4) is 0 Å². The van der Waals surface area contributed by atoms with Crippen LogP contribution in [-0.4, -0.2) is 39.9 Å². The molecule has 5 heteroatoms. The van der Waals surface area contributed by atoms with Crippen LogP contribution in [0.15, 0.2) is 0 Å². The second-order valence-corrected chi connectivity index (χ2v) is 5.88. The summed E-state index contributed by atoms with van der Waals surface area (Å²) in [6, 6.07) is 0.924. The van der Waals surface area contributed by atoms with Crippen LogP contribution in [-0.2, 0) is 6.42 Å². The fourth-order valence-electron chi connectivity index (χ4n) is 2.50. The first-order valence-electron chi connectivity index (χ1n) is 6.65. The van der Waals surface area contributed by atoms with Crippen molar-refractivity contribution in [1.29, 1.82) is 0 Å². The number of rotatable bonds is 5. The lowest BCUT2D eigenvalue weighted by molar-refractivity contribution is 0.316. The fraction of sp³-hybridized carbons (Fsp3) is 0.833. The van der Waals surface area contributed by atoms with Crippen LogP contribution in [0.1, 0.15) is 32.0 Å². The lowest BCUT2D eigenvalue weighted by Crippen LogP contribution is -2.24. The zero-order valence-electron chi connectivity index (χ0n) is 10.4. The van der Waals surface area contributed by atoms with E-state index in [1.165, 1.54) is 43.9 Å². The van der Waals surface area contributed by atoms with Gasteiger partial charge in [-0.1, -0.05) is 6.92 Å². The number of aryl methyl sites for hydroxylation is 1. The molecule has 94 valence electrons. The van der Waals surface area contributed by atoms with Gasteiger partial charge < -0.3 is 10.2 Å². The van der Waals surface area contributed by atoms with E-state index in [0.29, 0.717) is 0 Å². The molecule has 1 atom stereocenters. The summed E-state index contributed by atoms with van der Waals surface area (Å²) in [4.78, 5) is 7.10. The van der Waals surface area contributed by atoms with E-state index in [1.807, 2.05) is 0 Å². The number of anilines is 1. The van der Waals surface area contributed by atoms with Crippen molar-refractivity contribution in [2.24, 2.45) is 5.92 Å². The van der Waals surface area contributed by atoms with Gasteiger partial charge in [0.15, 0.2) is 0 Å². The first-order valence-corrected chi connectivity index (χ1v) is 7.43. The van der Waals surface area contributed by atoms with Crippen LogP contribution >= 0.6 is 11.5 Å². The highest BCUT2D eigenvalue weighted by atomic mass is 32.1. The molecule has 17 heavy (non-hydrogen) atoms. The molecule has 0 aromatic carbocycles. The maximum Gasteiger partial charge on any atom is 0.202 e. The molecule has 0 radical (unpaired) electrons. The average molecular weight is 252 g/mol. The Balaban J connectivity index is 1.44. The van der Waals surface area contributed by atoms with E-state index in [9.17, 15) is 0 Å². The Morgan fingerprint density at radius 2 is 2.29 bits per heavy atom. The van der Waals surface area contributed by atoms with Crippen LogP contribution in [0, 0.1) is 5.92 Å². The molecule has 1 aliphatic heterocycles. The molecule has 0 amide bonds. The summed E-state index contributed by atoms with van der Waals surface area (Å²) in [5.74, 6) is 1.76. The minimum Gasteiger partial charge on any atom is -0.360 e. The molecule has 1 saturated heterocycles. The third-order valence-corrected chi connectivity index (χ3v) is 4.42. The summed E-state index contributed by atoms with van der Waals surface area (Å²) in [5.41, 5.74) is 0. The third kappa shape index (κ3) is 2.77. The minimum atomic E-state index is 0.796. The van der Waals surface area contributed by atoms with Gasteiger partial charge in [0.05, 0.1) is 0 Å². The summed E-state index contributed by atoms with van der Waals surface area (Å²) >= 11 is 1.49. The second kappa shape index (κ2) is 4.90. The second-order valence-electron chi connectivity index (χ2n) is 5.13. The molecule has 1 unspecified atom stereocenters. The lowest BCUT2D eigenvalue weighted by atomic mass is 10.1. The Hall–Kier alpha value is -0.680. The Kier molecular flexibility index (Phi) is 3.29. The van der Waals surface area contributed by atoms with Gasteiger partial charge in [0, 0.05) is 37.1 Å². The van der Waals surface area contributed by atoms with Crippen molar-refractivity contribution in [1.82, 2.24) is 14.3 Å². The highest BCUT2D eigenvalue weighted by molar-refractivity contribution is 7.09. The maximum atomic E-state index is 4.44. The first-order chi connectivity index (χ1) is 8.35. The maximum absolute atomic E-state index is 4.44. The van der Waals surface area contributed by atoms with Crippen LogP contribution < -0.4 is 5.32 Å². The summed E-state index contributed by atoms with van der Waals surface area (Å²) in [7, 11) is 0. The molecule has 1 aromatic rings. The predicted octanol–water partition coefficient (Wildman–Crippen LogP) is 2.00. The molecule has 3 rings (SSSR count). The zero-order chi connectivity index (χ0) is 11.7. The molecule has 1 saturated carbocycles. The SMILES string of the molecule is CCc1nsc(NCC2CCN(C3CC3)C2)n1. The highest BCUT2D eigenvalue weighted by Gasteiger charge is 2.34. The van der Waals surface area contributed by atoms with Crippen molar-refractivity contribution in [2.75, 3.05) is 25.0 Å². The molecular formula is C12H20N4S. The molecule has 2 fully saturated rings. The summed E-state index contributed by atoms with van der Waals surface area (Å²) in [5, 5.41) is 4.43. The van der Waals surface area contributed by atoms with Gasteiger partial charge in [-0.25, -0.2) is 4.98 Å². The van der Waals surface area contributed by atoms with Gasteiger partial charge in [-0.3, -0.25) is 0 Å². The topological polar surface area (TPSA) is 41.1 Å². The average Bonchev–Trinajstić information content (AvgIpc) is 2.93. The van der Waals surface area contributed by atoms with E-state index in [0.717, 1.165) is 35.9 Å². The van der Waals surface area contributed by atoms with Crippen molar-refractivity contribution >= 4 is 16.7 Å². The normalized spacial score (nSPS) is 25.4. The molecule has 0 spiro atoms. The smallest absolute Gasteiger partial charge is 0.202 e. The molecule has 1 aromatic heterocycles. The van der Waals surface area contributed by atoms with Gasteiger partial charge in [-0.2, -0.15) is 4.37 Å². The predicted molar refractivity (Wildman–Crippen MR) is 70.5 cm³/mol. The van der Waals surface area contributed by atoms with Crippen LogP contribution in [0.2, 0.25) is 0 Å². The third-order valence-electron chi connectivity index (χ3n) is 3.71. The molecule has 2 aliphatic rings. The lowest BCUT2D eigenvalue weighted by Gasteiger charge is -2.14. The van der Waals surface area contributed by atoms with Crippen LogP contribution in [0.25, 0.3) is 0 Å². The molecular weight excluding hydrogens is 232 g/mol. The number of hydrogen-bond acceptors (Lipinski definition) is 5. The van der Waals surface area contributed by atoms with Gasteiger partial charge in [-0.15, -0.1) is 0 Å². The van der Waals surface area contributed by atoms with E-state index >= 15 is 0 Å².